The largest absolute Gasteiger partial charge is 0.341 e. The molecule has 2 saturated carbocycles. The van der Waals surface area contributed by atoms with Crippen molar-refractivity contribution in [2.24, 2.45) is 17.8 Å². The lowest BCUT2D eigenvalue weighted by Gasteiger charge is -2.31. The zero-order valence-corrected chi connectivity index (χ0v) is 12.9. The average Bonchev–Trinajstić information content (AvgIpc) is 3.08. The number of nitrogens with one attached hydrogen (secondary N) is 1. The summed E-state index contributed by atoms with van der Waals surface area (Å²) in [6.07, 6.45) is 10.2. The zero-order valence-electron chi connectivity index (χ0n) is 12.9. The van der Waals surface area contributed by atoms with Crippen LogP contribution in [0.5, 0.6) is 0 Å². The lowest BCUT2D eigenvalue weighted by molar-refractivity contribution is -0.132. The molecule has 1 heterocycles. The molecule has 4 atom stereocenters. The zero-order chi connectivity index (χ0) is 13.9. The Labute approximate surface area is 123 Å². The van der Waals surface area contributed by atoms with Gasteiger partial charge in [0.25, 0.3) is 0 Å². The Morgan fingerprint density at radius 2 is 2.10 bits per heavy atom. The number of hydrogen-bond donors (Lipinski definition) is 1. The summed E-state index contributed by atoms with van der Waals surface area (Å²) < 4.78 is 0. The molecule has 0 aromatic rings. The molecule has 2 aliphatic carbocycles. The van der Waals surface area contributed by atoms with Gasteiger partial charge in [0, 0.05) is 25.6 Å². The van der Waals surface area contributed by atoms with E-state index in [1.807, 2.05) is 0 Å². The van der Waals surface area contributed by atoms with Gasteiger partial charge in [0.2, 0.25) is 5.91 Å². The SMILES string of the molecule is CCN(CC1CCCCN1)C(=O)CC1CC2CCC1C2. The molecule has 1 aliphatic heterocycles. The number of fused-ring (bicyclic) bond motifs is 2. The van der Waals surface area contributed by atoms with E-state index >= 15 is 0 Å². The molecule has 3 nitrogen and oxygen atoms in total. The van der Waals surface area contributed by atoms with Gasteiger partial charge in [0.05, 0.1) is 0 Å². The summed E-state index contributed by atoms with van der Waals surface area (Å²) in [5.41, 5.74) is 0. The Hall–Kier alpha value is -0.570. The van der Waals surface area contributed by atoms with Gasteiger partial charge in [-0.05, 0) is 63.3 Å². The van der Waals surface area contributed by atoms with E-state index < -0.39 is 0 Å². The minimum atomic E-state index is 0.414. The standard InChI is InChI=1S/C17H30N2O/c1-2-19(12-16-5-3-4-8-18-16)17(20)11-15-10-13-6-7-14(15)9-13/h13-16,18H,2-12H2,1H3. The van der Waals surface area contributed by atoms with Gasteiger partial charge in [-0.2, -0.15) is 0 Å². The van der Waals surface area contributed by atoms with Crippen molar-refractivity contribution in [2.45, 2.75) is 64.3 Å². The van der Waals surface area contributed by atoms with E-state index in [0.717, 1.165) is 37.9 Å². The van der Waals surface area contributed by atoms with E-state index in [2.05, 4.69) is 17.1 Å². The van der Waals surface area contributed by atoms with Crippen molar-refractivity contribution >= 4 is 5.91 Å². The fraction of sp³-hybridized carbons (Fsp3) is 0.941. The number of carbonyl (C=O) groups is 1. The molecular formula is C17H30N2O. The van der Waals surface area contributed by atoms with Gasteiger partial charge in [-0.25, -0.2) is 0 Å². The number of likely N-dealkylation sites (N-methyl/N-ethyl adjacent to an activating group) is 1. The highest BCUT2D eigenvalue weighted by atomic mass is 16.2. The maximum atomic E-state index is 12.6. The first-order valence-corrected chi connectivity index (χ1v) is 8.77. The third-order valence-corrected chi connectivity index (χ3v) is 5.91. The Morgan fingerprint density at radius 3 is 2.70 bits per heavy atom. The van der Waals surface area contributed by atoms with E-state index in [4.69, 9.17) is 0 Å². The molecule has 0 aromatic carbocycles. The summed E-state index contributed by atoms with van der Waals surface area (Å²) >= 11 is 0. The Morgan fingerprint density at radius 1 is 1.20 bits per heavy atom. The highest BCUT2D eigenvalue weighted by Crippen LogP contribution is 2.49. The van der Waals surface area contributed by atoms with Gasteiger partial charge in [0.15, 0.2) is 0 Å². The van der Waals surface area contributed by atoms with Crippen LogP contribution in [-0.4, -0.2) is 36.5 Å². The van der Waals surface area contributed by atoms with Crippen LogP contribution in [0.1, 0.15) is 58.3 Å². The first kappa shape index (κ1) is 14.4. The quantitative estimate of drug-likeness (QED) is 0.838. The number of hydrogen-bond acceptors (Lipinski definition) is 2. The molecule has 114 valence electrons. The molecule has 3 rings (SSSR count). The van der Waals surface area contributed by atoms with Crippen molar-refractivity contribution in [2.75, 3.05) is 19.6 Å². The fourth-order valence-corrected chi connectivity index (χ4v) is 4.73. The first-order valence-electron chi connectivity index (χ1n) is 8.77. The third-order valence-electron chi connectivity index (χ3n) is 5.91. The van der Waals surface area contributed by atoms with Crippen LogP contribution in [0.3, 0.4) is 0 Å². The molecule has 1 saturated heterocycles. The predicted octanol–water partition coefficient (Wildman–Crippen LogP) is 2.80. The smallest absolute Gasteiger partial charge is 0.222 e. The van der Waals surface area contributed by atoms with Gasteiger partial charge >= 0.3 is 0 Å². The molecule has 20 heavy (non-hydrogen) atoms. The second kappa shape index (κ2) is 6.46. The topological polar surface area (TPSA) is 32.3 Å². The van der Waals surface area contributed by atoms with Crippen molar-refractivity contribution in [1.29, 1.82) is 0 Å². The van der Waals surface area contributed by atoms with Gasteiger partial charge in [0.1, 0.15) is 0 Å². The second-order valence-corrected chi connectivity index (χ2v) is 7.22. The Balaban J connectivity index is 1.48. The minimum absolute atomic E-state index is 0.414. The number of rotatable bonds is 5. The highest BCUT2D eigenvalue weighted by molar-refractivity contribution is 5.76. The molecule has 4 unspecified atom stereocenters. The molecule has 0 radical (unpaired) electrons. The molecule has 3 fully saturated rings. The first-order chi connectivity index (χ1) is 9.76. The molecule has 1 N–H and O–H groups in total. The van der Waals surface area contributed by atoms with Crippen molar-refractivity contribution in [3.63, 3.8) is 0 Å². The number of piperidine rings is 1. The number of nitrogens with zero attached hydrogens (tertiary/aromatic N) is 1. The summed E-state index contributed by atoms with van der Waals surface area (Å²) in [6, 6.07) is 0.535. The van der Waals surface area contributed by atoms with Crippen LogP contribution < -0.4 is 5.32 Å². The van der Waals surface area contributed by atoms with E-state index in [1.54, 1.807) is 0 Å². The van der Waals surface area contributed by atoms with Crippen LogP contribution in [0.2, 0.25) is 0 Å². The van der Waals surface area contributed by atoms with Crippen LogP contribution in [0.4, 0.5) is 0 Å². The Kier molecular flexibility index (Phi) is 4.65. The molecule has 0 spiro atoms. The Bertz CT molecular complexity index is 338. The number of amides is 1. The molecular weight excluding hydrogens is 248 g/mol. The summed E-state index contributed by atoms with van der Waals surface area (Å²) in [5, 5.41) is 3.57. The van der Waals surface area contributed by atoms with Crippen LogP contribution in [0, 0.1) is 17.8 Å². The lowest BCUT2D eigenvalue weighted by atomic mass is 9.86. The summed E-state index contributed by atoms with van der Waals surface area (Å²) in [6.45, 7) is 5.05. The van der Waals surface area contributed by atoms with Crippen LogP contribution in [-0.2, 0) is 4.79 Å². The van der Waals surface area contributed by atoms with E-state index in [9.17, 15) is 4.79 Å². The van der Waals surface area contributed by atoms with Crippen molar-refractivity contribution in [1.82, 2.24) is 10.2 Å². The maximum absolute atomic E-state index is 12.6. The predicted molar refractivity (Wildman–Crippen MR) is 81.5 cm³/mol. The van der Waals surface area contributed by atoms with Crippen molar-refractivity contribution in [3.05, 3.63) is 0 Å². The van der Waals surface area contributed by atoms with Crippen molar-refractivity contribution in [3.8, 4) is 0 Å². The van der Waals surface area contributed by atoms with Gasteiger partial charge in [-0.3, -0.25) is 4.79 Å². The van der Waals surface area contributed by atoms with Crippen molar-refractivity contribution < 1.29 is 4.79 Å². The van der Waals surface area contributed by atoms with Gasteiger partial charge in [-0.1, -0.05) is 12.8 Å². The highest BCUT2D eigenvalue weighted by Gasteiger charge is 2.40. The minimum Gasteiger partial charge on any atom is -0.341 e. The third kappa shape index (κ3) is 3.19. The van der Waals surface area contributed by atoms with Gasteiger partial charge < -0.3 is 10.2 Å². The molecule has 1 amide bonds. The molecule has 3 aliphatic rings. The summed E-state index contributed by atoms with van der Waals surface area (Å²) in [7, 11) is 0. The monoisotopic (exact) mass is 278 g/mol. The molecule has 2 bridgehead atoms. The second-order valence-electron chi connectivity index (χ2n) is 7.22. The average molecular weight is 278 g/mol. The van der Waals surface area contributed by atoms with Crippen LogP contribution in [0.15, 0.2) is 0 Å². The fourth-order valence-electron chi connectivity index (χ4n) is 4.73. The van der Waals surface area contributed by atoms with Crippen LogP contribution >= 0.6 is 0 Å². The maximum Gasteiger partial charge on any atom is 0.222 e. The summed E-state index contributed by atoms with van der Waals surface area (Å²) in [5.74, 6) is 2.94. The lowest BCUT2D eigenvalue weighted by Crippen LogP contribution is -2.46. The van der Waals surface area contributed by atoms with Gasteiger partial charge in [-0.15, -0.1) is 0 Å². The summed E-state index contributed by atoms with van der Waals surface area (Å²) in [4.78, 5) is 14.7. The van der Waals surface area contributed by atoms with Crippen LogP contribution in [0.25, 0.3) is 0 Å². The normalized spacial score (nSPS) is 36.2. The number of carbonyl (C=O) groups excluding carboxylic acids is 1. The molecule has 3 heteroatoms. The van der Waals surface area contributed by atoms with E-state index in [-0.39, 0.29) is 0 Å². The van der Waals surface area contributed by atoms with E-state index in [0.29, 0.717) is 17.9 Å². The molecule has 0 aromatic heterocycles. The van der Waals surface area contributed by atoms with E-state index in [1.165, 1.54) is 44.9 Å².